The van der Waals surface area contributed by atoms with Crippen LogP contribution in [0.2, 0.25) is 0 Å². The summed E-state index contributed by atoms with van der Waals surface area (Å²) in [5.41, 5.74) is 0.120. The van der Waals surface area contributed by atoms with E-state index < -0.39 is 10.9 Å². The molecule has 0 spiro atoms. The average Bonchev–Trinajstić information content (AvgIpc) is 2.68. The Hall–Kier alpha value is -2.11. The third kappa shape index (κ3) is 2.52. The maximum Gasteiger partial charge on any atom is 0.338 e. The second-order valence-electron chi connectivity index (χ2n) is 5.57. The van der Waals surface area contributed by atoms with Gasteiger partial charge in [-0.2, -0.15) is 0 Å². The van der Waals surface area contributed by atoms with E-state index in [9.17, 15) is 20.0 Å². The highest BCUT2D eigenvalue weighted by atomic mass is 16.6. The van der Waals surface area contributed by atoms with E-state index in [0.29, 0.717) is 13.1 Å². The van der Waals surface area contributed by atoms with Crippen molar-refractivity contribution >= 4 is 17.3 Å². The highest BCUT2D eigenvalue weighted by Crippen LogP contribution is 2.39. The fourth-order valence-electron chi connectivity index (χ4n) is 2.49. The molecule has 1 aliphatic rings. The largest absolute Gasteiger partial charge is 0.478 e. The van der Waals surface area contributed by atoms with E-state index in [-0.39, 0.29) is 22.4 Å². The van der Waals surface area contributed by atoms with E-state index in [1.807, 2.05) is 4.90 Å². The number of carboxylic acids is 1. The molecule has 6 nitrogen and oxygen atoms in total. The summed E-state index contributed by atoms with van der Waals surface area (Å²) >= 11 is 0. The van der Waals surface area contributed by atoms with E-state index >= 15 is 0 Å². The molecule has 2 rings (SSSR count). The van der Waals surface area contributed by atoms with Crippen molar-refractivity contribution in [3.63, 3.8) is 0 Å². The van der Waals surface area contributed by atoms with Crippen LogP contribution < -0.4 is 4.90 Å². The number of benzene rings is 1. The molecule has 19 heavy (non-hydrogen) atoms. The topological polar surface area (TPSA) is 83.7 Å². The number of anilines is 1. The minimum Gasteiger partial charge on any atom is -0.478 e. The maximum atomic E-state index is 11.3. The van der Waals surface area contributed by atoms with Crippen LogP contribution in [0.1, 0.15) is 30.6 Å². The number of aromatic carboxylic acids is 1. The van der Waals surface area contributed by atoms with Crippen LogP contribution >= 0.6 is 0 Å². The third-order valence-electron chi connectivity index (χ3n) is 3.44. The summed E-state index contributed by atoms with van der Waals surface area (Å²) in [6, 6.07) is 4.18. The molecule has 1 heterocycles. The van der Waals surface area contributed by atoms with Crippen LogP contribution in [0.3, 0.4) is 0 Å². The molecule has 6 heteroatoms. The van der Waals surface area contributed by atoms with Crippen molar-refractivity contribution in [2.24, 2.45) is 5.41 Å². The SMILES string of the molecule is CC1(C)CCN(c2c(C(=O)O)cccc2[N+](=O)[O-])C1. The Labute approximate surface area is 110 Å². The first-order valence-electron chi connectivity index (χ1n) is 6.07. The van der Waals surface area contributed by atoms with Crippen molar-refractivity contribution < 1.29 is 14.8 Å². The van der Waals surface area contributed by atoms with Gasteiger partial charge in [-0.1, -0.05) is 19.9 Å². The highest BCUT2D eigenvalue weighted by molar-refractivity contribution is 5.97. The smallest absolute Gasteiger partial charge is 0.338 e. The first-order chi connectivity index (χ1) is 8.82. The molecule has 0 saturated carbocycles. The van der Waals surface area contributed by atoms with Crippen LogP contribution in [0.15, 0.2) is 18.2 Å². The van der Waals surface area contributed by atoms with E-state index in [0.717, 1.165) is 6.42 Å². The lowest BCUT2D eigenvalue weighted by Crippen LogP contribution is -2.25. The molecule has 0 aliphatic carbocycles. The van der Waals surface area contributed by atoms with Gasteiger partial charge in [0.15, 0.2) is 0 Å². The summed E-state index contributed by atoms with van der Waals surface area (Å²) in [6.07, 6.45) is 0.887. The number of nitrogens with zero attached hydrogens (tertiary/aromatic N) is 2. The Balaban J connectivity index is 2.53. The number of para-hydroxylation sites is 1. The van der Waals surface area contributed by atoms with E-state index in [1.165, 1.54) is 18.2 Å². The van der Waals surface area contributed by atoms with E-state index in [1.54, 1.807) is 0 Å². The lowest BCUT2D eigenvalue weighted by atomic mass is 9.93. The van der Waals surface area contributed by atoms with Gasteiger partial charge in [-0.3, -0.25) is 10.1 Å². The summed E-state index contributed by atoms with van der Waals surface area (Å²) in [7, 11) is 0. The van der Waals surface area contributed by atoms with Gasteiger partial charge < -0.3 is 10.0 Å². The van der Waals surface area contributed by atoms with Gasteiger partial charge in [-0.15, -0.1) is 0 Å². The first kappa shape index (κ1) is 13.3. The number of hydrogen-bond acceptors (Lipinski definition) is 4. The number of hydrogen-bond donors (Lipinski definition) is 1. The Kier molecular flexibility index (Phi) is 3.18. The first-order valence-corrected chi connectivity index (χ1v) is 6.07. The van der Waals surface area contributed by atoms with Gasteiger partial charge in [0.2, 0.25) is 0 Å². The van der Waals surface area contributed by atoms with Crippen LogP contribution in [-0.4, -0.2) is 29.1 Å². The third-order valence-corrected chi connectivity index (χ3v) is 3.44. The van der Waals surface area contributed by atoms with Crippen LogP contribution in [0, 0.1) is 15.5 Å². The molecule has 0 atom stereocenters. The second kappa shape index (κ2) is 4.53. The monoisotopic (exact) mass is 264 g/mol. The fourth-order valence-corrected chi connectivity index (χ4v) is 2.49. The van der Waals surface area contributed by atoms with Crippen molar-refractivity contribution in [2.45, 2.75) is 20.3 Å². The van der Waals surface area contributed by atoms with Gasteiger partial charge in [0.25, 0.3) is 5.69 Å². The van der Waals surface area contributed by atoms with E-state index in [2.05, 4.69) is 13.8 Å². The Morgan fingerprint density at radius 2 is 2.16 bits per heavy atom. The molecule has 0 unspecified atom stereocenters. The molecular formula is C13H16N2O4. The normalized spacial score (nSPS) is 17.5. The zero-order valence-corrected chi connectivity index (χ0v) is 10.9. The minimum absolute atomic E-state index is 0.00750. The zero-order chi connectivity index (χ0) is 14.2. The van der Waals surface area contributed by atoms with Gasteiger partial charge >= 0.3 is 5.97 Å². The standard InChI is InChI=1S/C13H16N2O4/c1-13(2)6-7-14(8-13)11-9(12(16)17)4-3-5-10(11)15(18)19/h3-5H,6-8H2,1-2H3,(H,16,17). The Morgan fingerprint density at radius 3 is 2.63 bits per heavy atom. The van der Waals surface area contributed by atoms with Crippen molar-refractivity contribution in [1.29, 1.82) is 0 Å². The highest BCUT2D eigenvalue weighted by Gasteiger charge is 2.35. The van der Waals surface area contributed by atoms with Gasteiger partial charge in [0.05, 0.1) is 10.5 Å². The molecule has 0 amide bonds. The molecule has 0 bridgehead atoms. The Morgan fingerprint density at radius 1 is 1.47 bits per heavy atom. The summed E-state index contributed by atoms with van der Waals surface area (Å²) in [6.45, 7) is 5.40. The summed E-state index contributed by atoms with van der Waals surface area (Å²) in [5.74, 6) is -1.14. The number of carbonyl (C=O) groups is 1. The van der Waals surface area contributed by atoms with Crippen molar-refractivity contribution in [3.8, 4) is 0 Å². The lowest BCUT2D eigenvalue weighted by Gasteiger charge is -2.22. The zero-order valence-electron chi connectivity index (χ0n) is 10.9. The summed E-state index contributed by atoms with van der Waals surface area (Å²) < 4.78 is 0. The second-order valence-corrected chi connectivity index (χ2v) is 5.57. The number of nitro groups is 1. The molecule has 1 saturated heterocycles. The van der Waals surface area contributed by atoms with Gasteiger partial charge in [0.1, 0.15) is 5.69 Å². The summed E-state index contributed by atoms with van der Waals surface area (Å²) in [4.78, 5) is 23.7. The Bertz CT molecular complexity index is 507. The van der Waals surface area contributed by atoms with Crippen molar-refractivity contribution in [2.75, 3.05) is 18.0 Å². The van der Waals surface area contributed by atoms with Crippen molar-refractivity contribution in [1.82, 2.24) is 0 Å². The molecule has 102 valence electrons. The van der Waals surface area contributed by atoms with Crippen LogP contribution in [0.25, 0.3) is 0 Å². The van der Waals surface area contributed by atoms with Crippen LogP contribution in [0.5, 0.6) is 0 Å². The number of carboxylic acid groups (broad SMARTS) is 1. The molecule has 1 aliphatic heterocycles. The average molecular weight is 264 g/mol. The predicted octanol–water partition coefficient (Wildman–Crippen LogP) is 2.53. The molecule has 1 fully saturated rings. The van der Waals surface area contributed by atoms with Crippen molar-refractivity contribution in [3.05, 3.63) is 33.9 Å². The molecule has 0 radical (unpaired) electrons. The fraction of sp³-hybridized carbons (Fsp3) is 0.462. The predicted molar refractivity (Wildman–Crippen MR) is 70.7 cm³/mol. The van der Waals surface area contributed by atoms with Crippen LogP contribution in [0.4, 0.5) is 11.4 Å². The van der Waals surface area contributed by atoms with Gasteiger partial charge in [-0.25, -0.2) is 4.79 Å². The molecule has 1 N–H and O–H groups in total. The number of rotatable bonds is 3. The minimum atomic E-state index is -1.14. The number of nitro benzene ring substituents is 1. The molecular weight excluding hydrogens is 248 g/mol. The quantitative estimate of drug-likeness (QED) is 0.670. The molecule has 1 aromatic rings. The maximum absolute atomic E-state index is 11.3. The van der Waals surface area contributed by atoms with Gasteiger partial charge in [-0.05, 0) is 17.9 Å². The van der Waals surface area contributed by atoms with Gasteiger partial charge in [0, 0.05) is 19.2 Å². The summed E-state index contributed by atoms with van der Waals surface area (Å²) in [5, 5.41) is 20.3. The lowest BCUT2D eigenvalue weighted by molar-refractivity contribution is -0.384. The molecule has 1 aromatic carbocycles. The van der Waals surface area contributed by atoms with Crippen LogP contribution in [-0.2, 0) is 0 Å². The van der Waals surface area contributed by atoms with E-state index in [4.69, 9.17) is 0 Å². The molecule has 0 aromatic heterocycles.